The van der Waals surface area contributed by atoms with Crippen LogP contribution in [0.25, 0.3) is 0 Å². The van der Waals surface area contributed by atoms with Gasteiger partial charge >= 0.3 is 5.97 Å². The Morgan fingerprint density at radius 2 is 1.86 bits per heavy atom. The summed E-state index contributed by atoms with van der Waals surface area (Å²) in [5, 5.41) is 7.60. The number of carbonyl (C=O) groups is 1. The van der Waals surface area contributed by atoms with E-state index in [9.17, 15) is 4.79 Å². The molecule has 0 heterocycles. The van der Waals surface area contributed by atoms with Crippen LogP contribution < -0.4 is 5.73 Å². The third kappa shape index (κ3) is 24.7. The fraction of sp³-hybridized carbons (Fsp3) is 0.500. The van der Waals surface area contributed by atoms with Gasteiger partial charge in [-0.1, -0.05) is 0 Å². The Kier molecular flexibility index (Phi) is 21.0. The minimum absolute atomic E-state index is 0. The molecule has 0 saturated carbocycles. The molecule has 0 aliphatic heterocycles. The van der Waals surface area contributed by atoms with Crippen LogP contribution in [0.4, 0.5) is 0 Å². The molecule has 5 N–H and O–H groups in total. The van der Waals surface area contributed by atoms with E-state index in [0.717, 1.165) is 0 Å². The first-order valence-electron chi connectivity index (χ1n) is 1.19. The van der Waals surface area contributed by atoms with Crippen LogP contribution in [0.3, 0.4) is 0 Å². The Balaban J connectivity index is -0.0000000800. The number of carboxylic acids is 1. The molecule has 0 aliphatic rings. The molecule has 0 aromatic carbocycles. The summed E-state index contributed by atoms with van der Waals surface area (Å²) in [6, 6.07) is 0. The van der Waals surface area contributed by atoms with Crippen molar-refractivity contribution < 1.29 is 15.4 Å². The van der Waals surface area contributed by atoms with Gasteiger partial charge in [-0.15, -0.1) is 0 Å². The van der Waals surface area contributed by atoms with Crippen LogP contribution in [0.15, 0.2) is 0 Å². The lowest BCUT2D eigenvalue weighted by Gasteiger charge is -1.73. The van der Waals surface area contributed by atoms with Crippen molar-refractivity contribution in [2.24, 2.45) is 5.73 Å². The number of rotatable bonds is 1. The monoisotopic (exact) mass is 122 g/mol. The largest absolute Gasteiger partial charge is 0.480 e. The smallest absolute Gasteiger partial charge is 0.317 e. The second kappa shape index (κ2) is 9.33. The Morgan fingerprint density at radius 1 is 1.71 bits per heavy atom. The Morgan fingerprint density at radius 3 is 1.86 bits per heavy atom. The summed E-state index contributed by atoms with van der Waals surface area (Å²) in [5.74, 6) is -0.968. The Bertz CT molecular complexity index is 48.2. The molecule has 0 aromatic rings. The van der Waals surface area contributed by atoms with Gasteiger partial charge in [0.2, 0.25) is 0 Å². The number of aliphatic carboxylic acids is 1. The van der Waals surface area contributed by atoms with E-state index in [-0.39, 0.29) is 29.4 Å². The lowest BCUT2D eigenvalue weighted by Crippen LogP contribution is -2.10. The molecule has 0 amide bonds. The second-order valence-electron chi connectivity index (χ2n) is 0.598. The fourth-order valence-corrected chi connectivity index (χ4v) is 0. The number of nitrogens with two attached hydrogens (primary N) is 1. The fourth-order valence-electron chi connectivity index (χ4n) is 0. The van der Waals surface area contributed by atoms with E-state index in [4.69, 9.17) is 5.11 Å². The summed E-state index contributed by atoms with van der Waals surface area (Å²) in [6.07, 6.45) is 0. The molecule has 0 saturated heterocycles. The van der Waals surface area contributed by atoms with Gasteiger partial charge in [-0.25, -0.2) is 0 Å². The molecule has 5 heteroatoms. The van der Waals surface area contributed by atoms with Crippen molar-refractivity contribution in [2.45, 2.75) is 0 Å². The molecular weight excluding hydrogens is 113 g/mol. The maximum absolute atomic E-state index is 9.24. The lowest BCUT2D eigenvalue weighted by molar-refractivity contribution is -0.135. The minimum Gasteiger partial charge on any atom is -0.480 e. The molecular formula is C2H9AlNO3. The van der Waals surface area contributed by atoms with Crippen molar-refractivity contribution in [1.29, 1.82) is 0 Å². The second-order valence-corrected chi connectivity index (χ2v) is 0.598. The Hall–Kier alpha value is -0.0775. The van der Waals surface area contributed by atoms with Gasteiger partial charge in [-0.3, -0.25) is 4.79 Å². The maximum atomic E-state index is 9.24. The molecule has 4 nitrogen and oxygen atoms in total. The molecule has 0 fully saturated rings. The van der Waals surface area contributed by atoms with Crippen LogP contribution in [0, 0.1) is 0 Å². The highest BCUT2D eigenvalue weighted by Crippen LogP contribution is 1.43. The molecule has 0 aromatic heterocycles. The van der Waals surface area contributed by atoms with E-state index < -0.39 is 5.97 Å². The minimum atomic E-state index is -0.968. The van der Waals surface area contributed by atoms with Crippen molar-refractivity contribution in [2.75, 3.05) is 6.54 Å². The normalized spacial score (nSPS) is 5.29. The van der Waals surface area contributed by atoms with Crippen molar-refractivity contribution >= 4 is 23.3 Å². The molecule has 1 radical (unpaired) electrons. The molecule has 0 spiro atoms. The molecule has 0 unspecified atom stereocenters. The predicted octanol–water partition coefficient (Wildman–Crippen LogP) is -2.71. The van der Waals surface area contributed by atoms with Gasteiger partial charge < -0.3 is 16.3 Å². The first-order chi connectivity index (χ1) is 2.27. The quantitative estimate of drug-likeness (QED) is 0.370. The topological polar surface area (TPSA) is 94.8 Å². The van der Waals surface area contributed by atoms with Crippen LogP contribution in [-0.2, 0) is 4.79 Å². The first kappa shape index (κ1) is 15.8. The molecule has 0 atom stereocenters. The summed E-state index contributed by atoms with van der Waals surface area (Å²) in [6.45, 7) is -0.278. The van der Waals surface area contributed by atoms with Crippen LogP contribution in [0.1, 0.15) is 0 Å². The van der Waals surface area contributed by atoms with Gasteiger partial charge in [0.25, 0.3) is 0 Å². The zero-order chi connectivity index (χ0) is 4.28. The average molecular weight is 122 g/mol. The van der Waals surface area contributed by atoms with Gasteiger partial charge in [0.1, 0.15) is 17.4 Å². The summed E-state index contributed by atoms with van der Waals surface area (Å²) in [5.41, 5.74) is 4.57. The highest BCUT2D eigenvalue weighted by molar-refractivity contribution is 5.75. The number of hydrogen-bond acceptors (Lipinski definition) is 2. The molecule has 0 bridgehead atoms. The maximum Gasteiger partial charge on any atom is 0.317 e. The zero-order valence-corrected chi connectivity index (χ0v) is 6.14. The van der Waals surface area contributed by atoms with E-state index >= 15 is 0 Å². The number of hydrogen-bond donors (Lipinski definition) is 2. The SMILES string of the molecule is NCC(=O)O.O.[AlH2]. The third-order valence-electron chi connectivity index (χ3n) is 0.175. The first-order valence-corrected chi connectivity index (χ1v) is 1.19. The zero-order valence-electron chi connectivity index (χ0n) is 4.14. The highest BCUT2D eigenvalue weighted by atomic mass is 27.0. The number of carboxylic acid groups (broad SMARTS) is 1. The van der Waals surface area contributed by atoms with Gasteiger partial charge in [0.15, 0.2) is 0 Å². The third-order valence-corrected chi connectivity index (χ3v) is 0.175. The van der Waals surface area contributed by atoms with Gasteiger partial charge in [0, 0.05) is 0 Å². The summed E-state index contributed by atoms with van der Waals surface area (Å²) < 4.78 is 0. The van der Waals surface area contributed by atoms with E-state index in [1.807, 2.05) is 0 Å². The van der Waals surface area contributed by atoms with E-state index in [0.29, 0.717) is 0 Å². The van der Waals surface area contributed by atoms with Crippen LogP contribution in [0.2, 0.25) is 0 Å². The highest BCUT2D eigenvalue weighted by Gasteiger charge is 1.81. The van der Waals surface area contributed by atoms with Gasteiger partial charge in [0.05, 0.1) is 6.54 Å². The molecule has 0 rings (SSSR count). The predicted molar refractivity (Wildman–Crippen MR) is 28.8 cm³/mol. The van der Waals surface area contributed by atoms with Crippen molar-refractivity contribution in [3.63, 3.8) is 0 Å². The summed E-state index contributed by atoms with van der Waals surface area (Å²) >= 11 is 0. The van der Waals surface area contributed by atoms with Crippen LogP contribution in [-0.4, -0.2) is 40.5 Å². The van der Waals surface area contributed by atoms with Crippen LogP contribution in [0.5, 0.6) is 0 Å². The lowest BCUT2D eigenvalue weighted by atomic mass is 10.7. The van der Waals surface area contributed by atoms with Gasteiger partial charge in [-0.2, -0.15) is 0 Å². The average Bonchev–Trinajstić information content (AvgIpc) is 1.38. The molecule has 0 aliphatic carbocycles. The van der Waals surface area contributed by atoms with Crippen molar-refractivity contribution in [1.82, 2.24) is 0 Å². The van der Waals surface area contributed by atoms with E-state index in [1.165, 1.54) is 0 Å². The van der Waals surface area contributed by atoms with Gasteiger partial charge in [-0.05, 0) is 0 Å². The van der Waals surface area contributed by atoms with E-state index in [1.54, 1.807) is 0 Å². The summed E-state index contributed by atoms with van der Waals surface area (Å²) in [7, 11) is 0. The van der Waals surface area contributed by atoms with Crippen molar-refractivity contribution in [3.8, 4) is 0 Å². The summed E-state index contributed by atoms with van der Waals surface area (Å²) in [4.78, 5) is 9.24. The standard InChI is InChI=1S/C2H5NO2.Al.H2O.2H/c3-1-2(4)5;;;;/h1,3H2,(H,4,5);;1H2;;. The molecule has 7 heavy (non-hydrogen) atoms. The van der Waals surface area contributed by atoms with Crippen molar-refractivity contribution in [3.05, 3.63) is 0 Å². The molecule has 43 valence electrons. The van der Waals surface area contributed by atoms with Crippen LogP contribution >= 0.6 is 0 Å². The van der Waals surface area contributed by atoms with E-state index in [2.05, 4.69) is 5.73 Å². The Labute approximate surface area is 51.8 Å².